The van der Waals surface area contributed by atoms with E-state index in [1.165, 1.54) is 12.6 Å². The Hall–Kier alpha value is -4.15. The van der Waals surface area contributed by atoms with Gasteiger partial charge in [-0.15, -0.1) is 11.3 Å². The highest BCUT2D eigenvalue weighted by molar-refractivity contribution is 7.22. The molecule has 1 fully saturated rings. The van der Waals surface area contributed by atoms with Crippen molar-refractivity contribution in [2.24, 2.45) is 0 Å². The Bertz CT molecular complexity index is 1480. The molecule has 1 amide bonds. The lowest BCUT2D eigenvalue weighted by Crippen LogP contribution is -2.36. The second-order valence-electron chi connectivity index (χ2n) is 7.94. The fourth-order valence-corrected chi connectivity index (χ4v) is 5.05. The van der Waals surface area contributed by atoms with Gasteiger partial charge >= 0.3 is 0 Å². The average Bonchev–Trinajstić information content (AvgIpc) is 3.60. The molecule has 6 rings (SSSR count). The number of aromatic nitrogens is 4. The van der Waals surface area contributed by atoms with Crippen LogP contribution in [0.15, 0.2) is 71.9 Å². The van der Waals surface area contributed by atoms with Crippen molar-refractivity contribution >= 4 is 39.0 Å². The summed E-state index contributed by atoms with van der Waals surface area (Å²) in [6.07, 6.45) is 6.22. The summed E-state index contributed by atoms with van der Waals surface area (Å²) in [7, 11) is 0. The summed E-state index contributed by atoms with van der Waals surface area (Å²) in [5.41, 5.74) is 3.33. The molecule has 10 heteroatoms. The second kappa shape index (κ2) is 9.24. The van der Waals surface area contributed by atoms with Crippen LogP contribution in [0.1, 0.15) is 10.6 Å². The monoisotopic (exact) mass is 484 g/mol. The van der Waals surface area contributed by atoms with Gasteiger partial charge in [0.2, 0.25) is 5.76 Å². The third-order valence-electron chi connectivity index (χ3n) is 5.65. The maximum Gasteiger partial charge on any atom is 0.293 e. The molecule has 1 saturated heterocycles. The molecule has 5 heterocycles. The lowest BCUT2D eigenvalue weighted by atomic mass is 10.1. The van der Waals surface area contributed by atoms with Crippen LogP contribution < -0.4 is 10.2 Å². The number of thiophene rings is 1. The third kappa shape index (κ3) is 4.36. The first kappa shape index (κ1) is 21.4. The van der Waals surface area contributed by atoms with Gasteiger partial charge < -0.3 is 19.4 Å². The van der Waals surface area contributed by atoms with E-state index in [0.717, 1.165) is 45.1 Å². The molecular weight excluding hydrogens is 464 g/mol. The number of fused-ring (bicyclic) bond motifs is 1. The zero-order chi connectivity index (χ0) is 23.6. The molecular formula is C25H20N6O3S. The zero-order valence-corrected chi connectivity index (χ0v) is 19.4. The summed E-state index contributed by atoms with van der Waals surface area (Å²) in [5, 5.41) is 2.84. The van der Waals surface area contributed by atoms with Crippen LogP contribution in [0, 0.1) is 0 Å². The maximum atomic E-state index is 12.4. The molecule has 1 aliphatic rings. The van der Waals surface area contributed by atoms with Crippen molar-refractivity contribution < 1.29 is 13.9 Å². The van der Waals surface area contributed by atoms with Crippen LogP contribution in [-0.2, 0) is 4.74 Å². The normalized spacial score (nSPS) is 13.8. The molecule has 174 valence electrons. The maximum absolute atomic E-state index is 12.4. The molecule has 0 aliphatic carbocycles. The van der Waals surface area contributed by atoms with Crippen molar-refractivity contribution in [3.8, 4) is 21.8 Å². The minimum absolute atomic E-state index is 0.142. The van der Waals surface area contributed by atoms with Gasteiger partial charge in [-0.25, -0.2) is 15.0 Å². The van der Waals surface area contributed by atoms with Crippen LogP contribution in [0.3, 0.4) is 0 Å². The highest BCUT2D eigenvalue weighted by Gasteiger charge is 2.21. The molecule has 5 aromatic rings. The van der Waals surface area contributed by atoms with E-state index in [2.05, 4.69) is 26.3 Å². The van der Waals surface area contributed by atoms with Crippen molar-refractivity contribution in [1.29, 1.82) is 0 Å². The number of oxazole rings is 1. The standard InChI is InChI=1S/C25H20N6O3S/c32-25(20-14-27-15-34-20)28-18-5-1-3-16(11-18)23-29-19-12-21(17-4-2-6-26-13-17)35-22(19)24(30-23)31-7-9-33-10-8-31/h1-6,11-15H,7-10H2,(H,28,32). The number of rotatable bonds is 5. The molecule has 0 spiro atoms. The number of nitrogens with one attached hydrogen (secondary N) is 1. The van der Waals surface area contributed by atoms with E-state index < -0.39 is 0 Å². The van der Waals surface area contributed by atoms with Crippen molar-refractivity contribution in [2.75, 3.05) is 36.5 Å². The number of benzene rings is 1. The molecule has 0 bridgehead atoms. The van der Waals surface area contributed by atoms with Crippen molar-refractivity contribution in [3.63, 3.8) is 0 Å². The molecule has 1 aliphatic heterocycles. The number of pyridine rings is 1. The van der Waals surface area contributed by atoms with E-state index in [1.54, 1.807) is 17.5 Å². The Balaban J connectivity index is 1.41. The van der Waals surface area contributed by atoms with E-state index >= 15 is 0 Å². The molecule has 0 saturated carbocycles. The summed E-state index contributed by atoms with van der Waals surface area (Å²) in [4.78, 5) is 33.7. The van der Waals surface area contributed by atoms with Crippen molar-refractivity contribution in [2.45, 2.75) is 0 Å². The zero-order valence-electron chi connectivity index (χ0n) is 18.5. The van der Waals surface area contributed by atoms with Crippen molar-refractivity contribution in [1.82, 2.24) is 19.9 Å². The first-order valence-electron chi connectivity index (χ1n) is 11.1. The topological polar surface area (TPSA) is 106 Å². The van der Waals surface area contributed by atoms with Crippen LogP contribution in [-0.4, -0.2) is 52.1 Å². The number of hydrogen-bond acceptors (Lipinski definition) is 9. The Morgan fingerprint density at radius 3 is 2.69 bits per heavy atom. The predicted octanol–water partition coefficient (Wildman–Crippen LogP) is 4.50. The number of amides is 1. The quantitative estimate of drug-likeness (QED) is 0.389. The minimum Gasteiger partial charge on any atom is -0.438 e. The highest BCUT2D eigenvalue weighted by atomic mass is 32.1. The van der Waals surface area contributed by atoms with Crippen LogP contribution in [0.4, 0.5) is 11.5 Å². The lowest BCUT2D eigenvalue weighted by molar-refractivity contribution is 0.0996. The first-order chi connectivity index (χ1) is 17.2. The Morgan fingerprint density at radius 2 is 1.89 bits per heavy atom. The van der Waals surface area contributed by atoms with Crippen LogP contribution >= 0.6 is 11.3 Å². The molecule has 9 nitrogen and oxygen atoms in total. The lowest BCUT2D eigenvalue weighted by Gasteiger charge is -2.28. The van der Waals surface area contributed by atoms with E-state index in [0.29, 0.717) is 24.7 Å². The van der Waals surface area contributed by atoms with Gasteiger partial charge in [0.15, 0.2) is 18.0 Å². The molecule has 0 atom stereocenters. The number of anilines is 2. The molecule has 1 N–H and O–H groups in total. The van der Waals surface area contributed by atoms with Gasteiger partial charge in [0.25, 0.3) is 5.91 Å². The average molecular weight is 485 g/mol. The number of carbonyl (C=O) groups is 1. The molecule has 35 heavy (non-hydrogen) atoms. The largest absolute Gasteiger partial charge is 0.438 e. The third-order valence-corrected chi connectivity index (χ3v) is 6.81. The van der Waals surface area contributed by atoms with Gasteiger partial charge in [0, 0.05) is 47.2 Å². The molecule has 4 aromatic heterocycles. The molecule has 0 radical (unpaired) electrons. The van der Waals surface area contributed by atoms with Gasteiger partial charge in [0.1, 0.15) is 0 Å². The van der Waals surface area contributed by atoms with Gasteiger partial charge in [-0.05, 0) is 24.3 Å². The summed E-state index contributed by atoms with van der Waals surface area (Å²) >= 11 is 1.66. The van der Waals surface area contributed by atoms with E-state index in [1.807, 2.05) is 42.6 Å². The Labute approximate surface area is 204 Å². The SMILES string of the molecule is O=C(Nc1cccc(-c2nc(N3CCOCC3)c3sc(-c4cccnc4)cc3n2)c1)c1cnco1. The Kier molecular flexibility index (Phi) is 5.65. The van der Waals surface area contributed by atoms with Gasteiger partial charge in [-0.2, -0.15) is 0 Å². The number of morpholine rings is 1. The van der Waals surface area contributed by atoms with Crippen LogP contribution in [0.25, 0.3) is 32.0 Å². The summed E-state index contributed by atoms with van der Waals surface area (Å²) in [5.74, 6) is 1.25. The van der Waals surface area contributed by atoms with Gasteiger partial charge in [-0.1, -0.05) is 18.2 Å². The van der Waals surface area contributed by atoms with Crippen molar-refractivity contribution in [3.05, 3.63) is 73.2 Å². The number of hydrogen-bond donors (Lipinski definition) is 1. The molecule has 1 aromatic carbocycles. The summed E-state index contributed by atoms with van der Waals surface area (Å²) in [6, 6.07) is 13.5. The smallest absolute Gasteiger partial charge is 0.293 e. The number of ether oxygens (including phenoxy) is 1. The second-order valence-corrected chi connectivity index (χ2v) is 8.99. The van der Waals surface area contributed by atoms with E-state index in [4.69, 9.17) is 19.1 Å². The summed E-state index contributed by atoms with van der Waals surface area (Å²) in [6.45, 7) is 2.84. The fourth-order valence-electron chi connectivity index (χ4n) is 3.94. The van der Waals surface area contributed by atoms with E-state index in [-0.39, 0.29) is 11.7 Å². The Morgan fingerprint density at radius 1 is 1.00 bits per heavy atom. The first-order valence-corrected chi connectivity index (χ1v) is 11.9. The van der Waals surface area contributed by atoms with Gasteiger partial charge in [-0.3, -0.25) is 9.78 Å². The summed E-state index contributed by atoms with van der Waals surface area (Å²) < 4.78 is 11.7. The molecule has 0 unspecified atom stereocenters. The van der Waals surface area contributed by atoms with Gasteiger partial charge in [0.05, 0.1) is 29.6 Å². The minimum atomic E-state index is -0.371. The fraction of sp³-hybridized carbons (Fsp3) is 0.160. The van der Waals surface area contributed by atoms with Crippen LogP contribution in [0.5, 0.6) is 0 Å². The number of nitrogens with zero attached hydrogens (tertiary/aromatic N) is 5. The highest BCUT2D eigenvalue weighted by Crippen LogP contribution is 2.38. The van der Waals surface area contributed by atoms with E-state index in [9.17, 15) is 4.79 Å². The number of carbonyl (C=O) groups excluding carboxylic acids is 1. The predicted molar refractivity (Wildman–Crippen MR) is 134 cm³/mol. The van der Waals surface area contributed by atoms with Crippen LogP contribution in [0.2, 0.25) is 0 Å².